The van der Waals surface area contributed by atoms with Crippen LogP contribution in [0.2, 0.25) is 19.1 Å². The highest BCUT2D eigenvalue weighted by atomic mass is 28.3. The molecule has 0 heterocycles. The van der Waals surface area contributed by atoms with Crippen molar-refractivity contribution in [1.29, 1.82) is 0 Å². The van der Waals surface area contributed by atoms with Crippen molar-refractivity contribution in [3.8, 4) is 0 Å². The van der Waals surface area contributed by atoms with E-state index in [0.29, 0.717) is 0 Å². The Hall–Kier alpha value is -1.08. The van der Waals surface area contributed by atoms with Crippen LogP contribution in [-0.4, -0.2) is 8.07 Å². The molecule has 0 nitrogen and oxygen atoms in total. The van der Waals surface area contributed by atoms with Gasteiger partial charge in [-0.05, 0) is 32.2 Å². The maximum Gasteiger partial charge on any atom is 0.0843 e. The highest BCUT2D eigenvalue weighted by Crippen LogP contribution is 2.14. The van der Waals surface area contributed by atoms with Gasteiger partial charge in [-0.15, -0.1) is 0 Å². The zero-order valence-electron chi connectivity index (χ0n) is 13.7. The lowest BCUT2D eigenvalue weighted by molar-refractivity contribution is 0.929. The molecule has 1 aromatic rings. The van der Waals surface area contributed by atoms with E-state index < -0.39 is 8.07 Å². The second-order valence-electron chi connectivity index (χ2n) is 6.30. The average molecular weight is 287 g/mol. The molecular formula is C19H30Si. The van der Waals surface area contributed by atoms with Gasteiger partial charge in [0.25, 0.3) is 0 Å². The molecule has 1 aromatic carbocycles. The van der Waals surface area contributed by atoms with Gasteiger partial charge in [-0.25, -0.2) is 0 Å². The average Bonchev–Trinajstić information content (AvgIpc) is 2.46. The molecule has 0 N–H and O–H groups in total. The van der Waals surface area contributed by atoms with Crippen molar-refractivity contribution in [3.05, 3.63) is 54.1 Å². The molecule has 0 radical (unpaired) electrons. The number of unbranched alkanes of at least 4 members (excludes halogenated alkanes) is 1. The molecule has 0 atom stereocenters. The fourth-order valence-electron chi connectivity index (χ4n) is 2.25. The second-order valence-corrected chi connectivity index (χ2v) is 11.1. The van der Waals surface area contributed by atoms with Crippen LogP contribution in [-0.2, 0) is 0 Å². The lowest BCUT2D eigenvalue weighted by atomic mass is 10.1. The molecule has 0 aromatic heterocycles. The molecule has 0 amide bonds. The molecule has 1 heteroatoms. The zero-order chi connectivity index (χ0) is 14.8. The minimum atomic E-state index is -1.30. The van der Waals surface area contributed by atoms with E-state index in [2.05, 4.69) is 75.5 Å². The van der Waals surface area contributed by atoms with Crippen molar-refractivity contribution >= 4 is 13.3 Å². The van der Waals surface area contributed by atoms with Crippen LogP contribution < -0.4 is 5.19 Å². The lowest BCUT2D eigenvalue weighted by Gasteiger charge is -2.21. The van der Waals surface area contributed by atoms with Crippen LogP contribution >= 0.6 is 0 Å². The standard InChI is InChI=1S/C19H30Si/c1-5-6-7-8-10-13-18(2)16-17-20(3,4)19-14-11-9-12-15-19/h7-9,11-12,14-16H,5-6,10,13,17H2,1-4H3/b8-7+,18-16+. The van der Waals surface area contributed by atoms with E-state index in [-0.39, 0.29) is 0 Å². The maximum atomic E-state index is 2.48. The van der Waals surface area contributed by atoms with Crippen molar-refractivity contribution in [2.75, 3.05) is 0 Å². The zero-order valence-corrected chi connectivity index (χ0v) is 14.7. The Balaban J connectivity index is 2.45. The lowest BCUT2D eigenvalue weighted by Crippen LogP contribution is -2.40. The first-order chi connectivity index (χ1) is 9.56. The smallest absolute Gasteiger partial charge is 0.0843 e. The number of benzene rings is 1. The summed E-state index contributed by atoms with van der Waals surface area (Å²) < 4.78 is 0. The van der Waals surface area contributed by atoms with Crippen molar-refractivity contribution in [1.82, 2.24) is 0 Å². The molecule has 0 fully saturated rings. The largest absolute Gasteiger partial charge is 0.0885 e. The molecule has 1 rings (SSSR count). The molecule has 0 bridgehead atoms. The second kappa shape index (κ2) is 8.96. The van der Waals surface area contributed by atoms with E-state index in [9.17, 15) is 0 Å². The first kappa shape index (κ1) is 17.0. The van der Waals surface area contributed by atoms with Crippen LogP contribution in [0, 0.1) is 0 Å². The third-order valence-electron chi connectivity index (χ3n) is 3.84. The highest BCUT2D eigenvalue weighted by molar-refractivity contribution is 6.90. The predicted octanol–water partition coefficient (Wildman–Crippen LogP) is 5.68. The van der Waals surface area contributed by atoms with Gasteiger partial charge >= 0.3 is 0 Å². The van der Waals surface area contributed by atoms with Crippen LogP contribution in [0.5, 0.6) is 0 Å². The first-order valence-electron chi connectivity index (χ1n) is 7.92. The van der Waals surface area contributed by atoms with Gasteiger partial charge in [0.15, 0.2) is 0 Å². The summed E-state index contributed by atoms with van der Waals surface area (Å²) in [6, 6.07) is 12.3. The third kappa shape index (κ3) is 6.38. The monoisotopic (exact) mass is 286 g/mol. The van der Waals surface area contributed by atoms with Gasteiger partial charge in [0.1, 0.15) is 0 Å². The summed E-state index contributed by atoms with van der Waals surface area (Å²) in [7, 11) is -1.30. The number of hydrogen-bond acceptors (Lipinski definition) is 0. The van der Waals surface area contributed by atoms with E-state index in [0.717, 1.165) is 0 Å². The molecule has 0 aliphatic carbocycles. The van der Waals surface area contributed by atoms with E-state index >= 15 is 0 Å². The summed E-state index contributed by atoms with van der Waals surface area (Å²) in [5.41, 5.74) is 1.54. The molecular weight excluding hydrogens is 256 g/mol. The summed E-state index contributed by atoms with van der Waals surface area (Å²) in [5, 5.41) is 1.56. The van der Waals surface area contributed by atoms with Crippen LogP contribution in [0.4, 0.5) is 0 Å². The van der Waals surface area contributed by atoms with E-state index in [1.165, 1.54) is 31.7 Å². The van der Waals surface area contributed by atoms with E-state index in [1.54, 1.807) is 10.8 Å². The molecule has 20 heavy (non-hydrogen) atoms. The summed E-state index contributed by atoms with van der Waals surface area (Å²) in [6.07, 6.45) is 12.0. The normalized spacial score (nSPS) is 13.1. The van der Waals surface area contributed by atoms with Crippen LogP contribution in [0.15, 0.2) is 54.1 Å². The summed E-state index contributed by atoms with van der Waals surface area (Å²) in [6.45, 7) is 9.44. The number of rotatable bonds is 8. The molecule has 0 spiro atoms. The summed E-state index contributed by atoms with van der Waals surface area (Å²) in [4.78, 5) is 0. The number of allylic oxidation sites excluding steroid dienone is 4. The Morgan fingerprint density at radius 3 is 2.35 bits per heavy atom. The Bertz CT molecular complexity index is 426. The fourth-order valence-corrected chi connectivity index (χ4v) is 4.44. The minimum absolute atomic E-state index is 1.19. The summed E-state index contributed by atoms with van der Waals surface area (Å²) >= 11 is 0. The van der Waals surface area contributed by atoms with Crippen LogP contribution in [0.1, 0.15) is 39.5 Å². The molecule has 0 aliphatic heterocycles. The molecule has 110 valence electrons. The Labute approximate surface area is 126 Å². The first-order valence-corrected chi connectivity index (χ1v) is 11.1. The topological polar surface area (TPSA) is 0 Å². The fraction of sp³-hybridized carbons (Fsp3) is 0.474. The molecule has 0 unspecified atom stereocenters. The molecule has 0 saturated carbocycles. The van der Waals surface area contributed by atoms with Gasteiger partial charge in [0, 0.05) is 0 Å². The van der Waals surface area contributed by atoms with Crippen molar-refractivity contribution in [2.45, 2.75) is 58.7 Å². The molecule has 0 aliphatic rings. The molecule has 0 saturated heterocycles. The Morgan fingerprint density at radius 1 is 1.05 bits per heavy atom. The Morgan fingerprint density at radius 2 is 1.70 bits per heavy atom. The van der Waals surface area contributed by atoms with Gasteiger partial charge in [-0.3, -0.25) is 0 Å². The van der Waals surface area contributed by atoms with Gasteiger partial charge in [0.2, 0.25) is 0 Å². The van der Waals surface area contributed by atoms with Crippen molar-refractivity contribution < 1.29 is 0 Å². The van der Waals surface area contributed by atoms with Gasteiger partial charge in [-0.2, -0.15) is 0 Å². The van der Waals surface area contributed by atoms with Crippen LogP contribution in [0.25, 0.3) is 0 Å². The van der Waals surface area contributed by atoms with Crippen molar-refractivity contribution in [3.63, 3.8) is 0 Å². The Kier molecular flexibility index (Phi) is 7.61. The van der Waals surface area contributed by atoms with Gasteiger partial charge in [-0.1, -0.05) is 85.8 Å². The van der Waals surface area contributed by atoms with E-state index in [1.807, 2.05) is 0 Å². The quantitative estimate of drug-likeness (QED) is 0.426. The van der Waals surface area contributed by atoms with Gasteiger partial charge < -0.3 is 0 Å². The summed E-state index contributed by atoms with van der Waals surface area (Å²) in [5.74, 6) is 0. The van der Waals surface area contributed by atoms with Crippen molar-refractivity contribution in [2.24, 2.45) is 0 Å². The van der Waals surface area contributed by atoms with Crippen LogP contribution in [0.3, 0.4) is 0 Å². The third-order valence-corrected chi connectivity index (χ3v) is 6.96. The minimum Gasteiger partial charge on any atom is -0.0885 e. The van der Waals surface area contributed by atoms with E-state index in [4.69, 9.17) is 0 Å². The maximum absolute atomic E-state index is 2.48. The SMILES string of the molecule is CCC/C=C/CC/C(C)=C/C[Si](C)(C)c1ccccc1. The predicted molar refractivity (Wildman–Crippen MR) is 95.4 cm³/mol. The van der Waals surface area contributed by atoms with Gasteiger partial charge in [0.05, 0.1) is 8.07 Å². The highest BCUT2D eigenvalue weighted by Gasteiger charge is 2.21. The number of hydrogen-bond donors (Lipinski definition) is 0.